The van der Waals surface area contributed by atoms with Gasteiger partial charge in [0.2, 0.25) is 0 Å². The number of carbonyl (C=O) groups excluding carboxylic acids is 1. The highest BCUT2D eigenvalue weighted by molar-refractivity contribution is 5.72. The third kappa shape index (κ3) is 5.63. The summed E-state index contributed by atoms with van der Waals surface area (Å²) in [7, 11) is 1.66. The number of carbonyl (C=O) groups is 1. The van der Waals surface area contributed by atoms with Crippen LogP contribution in [0.25, 0.3) is 11.1 Å². The summed E-state index contributed by atoms with van der Waals surface area (Å²) in [5, 5.41) is 11.2. The molecule has 2 aromatic carbocycles. The molecule has 1 saturated carbocycles. The van der Waals surface area contributed by atoms with Gasteiger partial charge in [0.15, 0.2) is 0 Å². The van der Waals surface area contributed by atoms with E-state index in [4.69, 9.17) is 9.47 Å². The third-order valence-electron chi connectivity index (χ3n) is 6.23. The number of ether oxygens (including phenoxy) is 2. The molecule has 0 atom stereocenters. The Labute approximate surface area is 180 Å². The fourth-order valence-corrected chi connectivity index (χ4v) is 4.20. The number of rotatable bonds is 9. The Morgan fingerprint density at radius 1 is 0.967 bits per heavy atom. The van der Waals surface area contributed by atoms with E-state index in [0.29, 0.717) is 32.3 Å². The average molecular weight is 411 g/mol. The predicted molar refractivity (Wildman–Crippen MR) is 119 cm³/mol. The highest BCUT2D eigenvalue weighted by Crippen LogP contribution is 2.40. The van der Waals surface area contributed by atoms with Crippen LogP contribution in [0, 0.1) is 5.92 Å². The van der Waals surface area contributed by atoms with Crippen molar-refractivity contribution in [3.63, 3.8) is 0 Å². The summed E-state index contributed by atoms with van der Waals surface area (Å²) < 4.78 is 10.7. The Morgan fingerprint density at radius 3 is 2.13 bits per heavy atom. The van der Waals surface area contributed by atoms with Gasteiger partial charge in [0.25, 0.3) is 0 Å². The van der Waals surface area contributed by atoms with Crippen LogP contribution in [0.15, 0.2) is 48.5 Å². The van der Waals surface area contributed by atoms with Crippen LogP contribution >= 0.6 is 0 Å². The molecule has 0 bridgehead atoms. The van der Waals surface area contributed by atoms with Crippen molar-refractivity contribution >= 4 is 5.97 Å². The summed E-state index contributed by atoms with van der Waals surface area (Å²) in [5.74, 6) is 0.652. The number of benzene rings is 2. The molecule has 162 valence electrons. The first-order valence-corrected chi connectivity index (χ1v) is 11.2. The van der Waals surface area contributed by atoms with Gasteiger partial charge in [0.1, 0.15) is 5.75 Å². The zero-order valence-electron chi connectivity index (χ0n) is 18.2. The van der Waals surface area contributed by atoms with Gasteiger partial charge in [-0.05, 0) is 60.9 Å². The minimum Gasteiger partial charge on any atom is -0.497 e. The lowest BCUT2D eigenvalue weighted by Gasteiger charge is -2.35. The van der Waals surface area contributed by atoms with Crippen molar-refractivity contribution in [2.75, 3.05) is 13.7 Å². The van der Waals surface area contributed by atoms with E-state index in [-0.39, 0.29) is 11.9 Å². The summed E-state index contributed by atoms with van der Waals surface area (Å²) in [4.78, 5) is 12.3. The van der Waals surface area contributed by atoms with Crippen molar-refractivity contribution in [3.05, 3.63) is 54.1 Å². The zero-order valence-corrected chi connectivity index (χ0v) is 18.2. The fraction of sp³-hybridized carbons (Fsp3) is 0.500. The van der Waals surface area contributed by atoms with E-state index in [1.807, 2.05) is 48.5 Å². The maximum absolute atomic E-state index is 12.3. The number of esters is 1. The molecule has 0 spiro atoms. The molecule has 4 heteroatoms. The van der Waals surface area contributed by atoms with Gasteiger partial charge in [-0.25, -0.2) is 0 Å². The van der Waals surface area contributed by atoms with Crippen LogP contribution in [0.2, 0.25) is 0 Å². The van der Waals surface area contributed by atoms with Gasteiger partial charge in [-0.1, -0.05) is 62.6 Å². The van der Waals surface area contributed by atoms with E-state index in [2.05, 4.69) is 6.92 Å². The molecule has 0 aliphatic heterocycles. The topological polar surface area (TPSA) is 55.8 Å². The van der Waals surface area contributed by atoms with Crippen molar-refractivity contribution in [1.29, 1.82) is 0 Å². The molecule has 3 rings (SSSR count). The monoisotopic (exact) mass is 410 g/mol. The van der Waals surface area contributed by atoms with Crippen molar-refractivity contribution in [1.82, 2.24) is 0 Å². The van der Waals surface area contributed by atoms with Gasteiger partial charge in [0.05, 0.1) is 25.2 Å². The quantitative estimate of drug-likeness (QED) is 0.415. The van der Waals surface area contributed by atoms with Gasteiger partial charge in [0, 0.05) is 0 Å². The average Bonchev–Trinajstić information content (AvgIpc) is 2.79. The highest BCUT2D eigenvalue weighted by Gasteiger charge is 2.37. The summed E-state index contributed by atoms with van der Waals surface area (Å²) in [5.41, 5.74) is 2.27. The van der Waals surface area contributed by atoms with Crippen LogP contribution in [0.1, 0.15) is 63.9 Å². The van der Waals surface area contributed by atoms with Crippen LogP contribution in [0.5, 0.6) is 5.75 Å². The molecule has 1 fully saturated rings. The molecule has 0 unspecified atom stereocenters. The Bertz CT molecular complexity index is 787. The largest absolute Gasteiger partial charge is 0.497 e. The number of aliphatic hydroxyl groups is 1. The Balaban J connectivity index is 1.53. The molecule has 4 nitrogen and oxygen atoms in total. The second-order valence-corrected chi connectivity index (χ2v) is 8.34. The van der Waals surface area contributed by atoms with Crippen molar-refractivity contribution in [3.8, 4) is 16.9 Å². The molecule has 1 N–H and O–H groups in total. The second kappa shape index (κ2) is 10.6. The van der Waals surface area contributed by atoms with E-state index in [1.54, 1.807) is 7.11 Å². The second-order valence-electron chi connectivity index (χ2n) is 8.34. The van der Waals surface area contributed by atoms with E-state index in [1.165, 1.54) is 12.8 Å². The van der Waals surface area contributed by atoms with Crippen LogP contribution in [0.3, 0.4) is 0 Å². The minimum absolute atomic E-state index is 0.0879. The minimum atomic E-state index is -0.865. The maximum Gasteiger partial charge on any atom is 0.308 e. The Morgan fingerprint density at radius 2 is 1.57 bits per heavy atom. The molecule has 0 aromatic heterocycles. The molecule has 0 amide bonds. The van der Waals surface area contributed by atoms with Crippen LogP contribution in [-0.4, -0.2) is 24.8 Å². The predicted octanol–water partition coefficient (Wildman–Crippen LogP) is 5.86. The summed E-state index contributed by atoms with van der Waals surface area (Å²) >= 11 is 0. The van der Waals surface area contributed by atoms with E-state index in [9.17, 15) is 9.90 Å². The first-order chi connectivity index (χ1) is 14.6. The number of methoxy groups -OCH3 is 1. The molecule has 0 saturated heterocycles. The van der Waals surface area contributed by atoms with Crippen LogP contribution < -0.4 is 4.74 Å². The molecule has 0 radical (unpaired) electrons. The van der Waals surface area contributed by atoms with E-state index in [0.717, 1.165) is 35.3 Å². The summed E-state index contributed by atoms with van der Waals surface area (Å²) in [6.45, 7) is 2.69. The lowest BCUT2D eigenvalue weighted by atomic mass is 9.75. The number of hydrogen-bond acceptors (Lipinski definition) is 4. The van der Waals surface area contributed by atoms with E-state index < -0.39 is 5.60 Å². The van der Waals surface area contributed by atoms with Crippen molar-refractivity contribution in [2.45, 2.75) is 63.9 Å². The molecule has 0 heterocycles. The molecule has 2 aromatic rings. The van der Waals surface area contributed by atoms with E-state index >= 15 is 0 Å². The SMILES string of the molecule is CCCCCCOC(=O)C1CCC(O)(c2ccc(-c3ccc(OC)cc3)cc2)CC1. The highest BCUT2D eigenvalue weighted by atomic mass is 16.5. The standard InChI is InChI=1S/C26H34O4/c1-3-4-5-6-19-30-25(27)22-15-17-26(28,18-16-22)23-11-7-20(8-12-23)21-9-13-24(29-2)14-10-21/h7-14,22,28H,3-6,15-19H2,1-2H3. The summed E-state index contributed by atoms with van der Waals surface area (Å²) in [6, 6.07) is 16.1. The maximum atomic E-state index is 12.3. The van der Waals surface area contributed by atoms with Gasteiger partial charge < -0.3 is 14.6 Å². The van der Waals surface area contributed by atoms with Crippen molar-refractivity contribution in [2.24, 2.45) is 5.92 Å². The summed E-state index contributed by atoms with van der Waals surface area (Å²) in [6.07, 6.45) is 6.93. The third-order valence-corrected chi connectivity index (χ3v) is 6.23. The van der Waals surface area contributed by atoms with Gasteiger partial charge >= 0.3 is 5.97 Å². The number of unbranched alkanes of at least 4 members (excludes halogenated alkanes) is 3. The Hall–Kier alpha value is -2.33. The Kier molecular flexibility index (Phi) is 7.92. The van der Waals surface area contributed by atoms with Crippen LogP contribution in [0.4, 0.5) is 0 Å². The molecular weight excluding hydrogens is 376 g/mol. The van der Waals surface area contributed by atoms with Crippen molar-refractivity contribution < 1.29 is 19.4 Å². The van der Waals surface area contributed by atoms with Gasteiger partial charge in [-0.15, -0.1) is 0 Å². The fourth-order valence-electron chi connectivity index (χ4n) is 4.20. The van der Waals surface area contributed by atoms with Gasteiger partial charge in [-0.3, -0.25) is 4.79 Å². The molecule has 30 heavy (non-hydrogen) atoms. The molecular formula is C26H34O4. The van der Waals surface area contributed by atoms with Crippen LogP contribution in [-0.2, 0) is 15.1 Å². The smallest absolute Gasteiger partial charge is 0.308 e. The first-order valence-electron chi connectivity index (χ1n) is 11.2. The first kappa shape index (κ1) is 22.4. The normalized spacial score (nSPS) is 21.2. The molecule has 1 aliphatic carbocycles. The lowest BCUT2D eigenvalue weighted by molar-refractivity contribution is -0.152. The zero-order chi connectivity index (χ0) is 21.4. The number of hydrogen-bond donors (Lipinski definition) is 1. The van der Waals surface area contributed by atoms with Gasteiger partial charge in [-0.2, -0.15) is 0 Å². The lowest BCUT2D eigenvalue weighted by Crippen LogP contribution is -2.34. The molecule has 1 aliphatic rings.